The van der Waals surface area contributed by atoms with Crippen LogP contribution in [-0.4, -0.2) is 39.3 Å². The molecule has 1 aromatic carbocycles. The van der Waals surface area contributed by atoms with Gasteiger partial charge in [0.1, 0.15) is 5.75 Å². The number of carbonyl (C=O) groups is 1. The monoisotopic (exact) mass is 291 g/mol. The van der Waals surface area contributed by atoms with Crippen LogP contribution in [0.4, 0.5) is 10.5 Å². The van der Waals surface area contributed by atoms with Crippen LogP contribution in [0.1, 0.15) is 19.8 Å². The molecule has 21 heavy (non-hydrogen) atoms. The zero-order valence-electron chi connectivity index (χ0n) is 12.9. The number of nitrogens with zero attached hydrogens (tertiary/aromatic N) is 1. The van der Waals surface area contributed by atoms with Crippen molar-refractivity contribution in [2.45, 2.75) is 19.8 Å². The second-order valence-electron chi connectivity index (χ2n) is 5.44. The highest BCUT2D eigenvalue weighted by Gasteiger charge is 2.23. The molecule has 2 rings (SSSR count). The van der Waals surface area contributed by atoms with E-state index in [1.807, 2.05) is 19.1 Å². The maximum atomic E-state index is 11.5. The van der Waals surface area contributed by atoms with E-state index < -0.39 is 0 Å². The molecule has 0 spiro atoms. The van der Waals surface area contributed by atoms with E-state index in [4.69, 9.17) is 4.74 Å². The molecule has 1 saturated heterocycles. The van der Waals surface area contributed by atoms with Crippen LogP contribution in [0.25, 0.3) is 0 Å². The first-order valence-corrected chi connectivity index (χ1v) is 7.63. The number of anilines is 1. The van der Waals surface area contributed by atoms with Crippen molar-refractivity contribution >= 4 is 11.7 Å². The lowest BCUT2D eigenvalue weighted by molar-refractivity contribution is 0.239. The Kier molecular flexibility index (Phi) is 5.72. The molecule has 1 heterocycles. The maximum Gasteiger partial charge on any atom is 0.314 e. The zero-order valence-corrected chi connectivity index (χ0v) is 12.9. The molecule has 2 amide bonds. The molecule has 116 valence electrons. The van der Waals surface area contributed by atoms with Gasteiger partial charge in [-0.2, -0.15) is 0 Å². The summed E-state index contributed by atoms with van der Waals surface area (Å²) in [5, 5.41) is 5.79. The Morgan fingerprint density at radius 2 is 2.10 bits per heavy atom. The molecule has 5 heteroatoms. The lowest BCUT2D eigenvalue weighted by atomic mass is 10.1. The van der Waals surface area contributed by atoms with Gasteiger partial charge in [-0.3, -0.25) is 0 Å². The van der Waals surface area contributed by atoms with Crippen LogP contribution in [0, 0.1) is 5.92 Å². The molecule has 0 saturated carbocycles. The first-order chi connectivity index (χ1) is 10.2. The summed E-state index contributed by atoms with van der Waals surface area (Å²) in [4.78, 5) is 13.9. The minimum absolute atomic E-state index is 0.0558. The average molecular weight is 291 g/mol. The van der Waals surface area contributed by atoms with Crippen LogP contribution in [-0.2, 0) is 0 Å². The molecule has 1 aromatic rings. The third-order valence-corrected chi connectivity index (χ3v) is 3.81. The predicted molar refractivity (Wildman–Crippen MR) is 85.0 cm³/mol. The van der Waals surface area contributed by atoms with E-state index in [1.165, 1.54) is 5.69 Å². The summed E-state index contributed by atoms with van der Waals surface area (Å²) in [6.07, 6.45) is 2.07. The van der Waals surface area contributed by atoms with Gasteiger partial charge >= 0.3 is 6.03 Å². The molecule has 0 bridgehead atoms. The van der Waals surface area contributed by atoms with Crippen molar-refractivity contribution in [3.05, 3.63) is 24.3 Å². The highest BCUT2D eigenvalue weighted by atomic mass is 16.5. The number of nitrogens with one attached hydrogen (secondary N) is 2. The van der Waals surface area contributed by atoms with Crippen molar-refractivity contribution < 1.29 is 9.53 Å². The van der Waals surface area contributed by atoms with E-state index in [2.05, 4.69) is 27.7 Å². The van der Waals surface area contributed by atoms with Gasteiger partial charge in [-0.15, -0.1) is 0 Å². The number of amides is 2. The number of ether oxygens (including phenoxy) is 1. The standard InChI is InChI=1S/C16H25N3O2/c1-3-9-17-16(20)18-11-13-8-10-19(12-13)14-4-6-15(21-2)7-5-14/h4-7,13H,3,8-12H2,1-2H3,(H2,17,18,20). The van der Waals surface area contributed by atoms with Gasteiger partial charge in [-0.25, -0.2) is 4.79 Å². The molecular formula is C16H25N3O2. The molecule has 1 aliphatic rings. The Hall–Kier alpha value is -1.91. The van der Waals surface area contributed by atoms with Gasteiger partial charge in [0.05, 0.1) is 7.11 Å². The van der Waals surface area contributed by atoms with Crippen molar-refractivity contribution in [2.24, 2.45) is 5.92 Å². The molecule has 5 nitrogen and oxygen atoms in total. The van der Waals surface area contributed by atoms with Crippen LogP contribution >= 0.6 is 0 Å². The Labute approximate surface area is 126 Å². The summed E-state index contributed by atoms with van der Waals surface area (Å²) in [6, 6.07) is 8.09. The molecule has 2 N–H and O–H groups in total. The van der Waals surface area contributed by atoms with E-state index in [1.54, 1.807) is 7.11 Å². The van der Waals surface area contributed by atoms with E-state index in [0.717, 1.165) is 44.8 Å². The van der Waals surface area contributed by atoms with E-state index >= 15 is 0 Å². The lowest BCUT2D eigenvalue weighted by Crippen LogP contribution is -2.39. The van der Waals surface area contributed by atoms with Crippen LogP contribution in [0.15, 0.2) is 24.3 Å². The number of carbonyl (C=O) groups excluding carboxylic acids is 1. The predicted octanol–water partition coefficient (Wildman–Crippen LogP) is 2.23. The van der Waals surface area contributed by atoms with Gasteiger partial charge in [0, 0.05) is 31.9 Å². The first kappa shape index (κ1) is 15.5. The van der Waals surface area contributed by atoms with Crippen molar-refractivity contribution in [1.29, 1.82) is 0 Å². The topological polar surface area (TPSA) is 53.6 Å². The summed E-state index contributed by atoms with van der Waals surface area (Å²) >= 11 is 0. The molecule has 1 atom stereocenters. The molecular weight excluding hydrogens is 266 g/mol. The van der Waals surface area contributed by atoms with Gasteiger partial charge in [-0.1, -0.05) is 6.92 Å². The first-order valence-electron chi connectivity index (χ1n) is 7.63. The Balaban J connectivity index is 1.76. The van der Waals surface area contributed by atoms with Gasteiger partial charge in [0.15, 0.2) is 0 Å². The fourth-order valence-corrected chi connectivity index (χ4v) is 2.56. The lowest BCUT2D eigenvalue weighted by Gasteiger charge is -2.19. The van der Waals surface area contributed by atoms with Crippen molar-refractivity contribution in [3.63, 3.8) is 0 Å². The number of hydrogen-bond donors (Lipinski definition) is 2. The molecule has 1 fully saturated rings. The highest BCUT2D eigenvalue weighted by Crippen LogP contribution is 2.25. The molecule has 1 aliphatic heterocycles. The molecule has 1 unspecified atom stereocenters. The Bertz CT molecular complexity index is 447. The second kappa shape index (κ2) is 7.76. The van der Waals surface area contributed by atoms with Gasteiger partial charge in [0.25, 0.3) is 0 Å². The Morgan fingerprint density at radius 1 is 1.33 bits per heavy atom. The number of methoxy groups -OCH3 is 1. The maximum absolute atomic E-state index is 11.5. The van der Waals surface area contributed by atoms with Crippen molar-refractivity contribution in [1.82, 2.24) is 10.6 Å². The average Bonchev–Trinajstić information content (AvgIpc) is 3.00. The summed E-state index contributed by atoms with van der Waals surface area (Å²) in [7, 11) is 1.68. The number of urea groups is 1. The number of benzene rings is 1. The van der Waals surface area contributed by atoms with Crippen molar-refractivity contribution in [3.8, 4) is 5.75 Å². The summed E-state index contributed by atoms with van der Waals surface area (Å²) < 4.78 is 5.18. The minimum Gasteiger partial charge on any atom is -0.497 e. The Morgan fingerprint density at radius 3 is 2.76 bits per heavy atom. The quantitative estimate of drug-likeness (QED) is 0.845. The SMILES string of the molecule is CCCNC(=O)NCC1CCN(c2ccc(OC)cc2)C1. The van der Waals surface area contributed by atoms with Crippen LogP contribution in [0.2, 0.25) is 0 Å². The third-order valence-electron chi connectivity index (χ3n) is 3.81. The van der Waals surface area contributed by atoms with Gasteiger partial charge in [0.2, 0.25) is 0 Å². The molecule has 0 aliphatic carbocycles. The van der Waals surface area contributed by atoms with Crippen LogP contribution in [0.5, 0.6) is 5.75 Å². The number of rotatable bonds is 6. The minimum atomic E-state index is -0.0558. The van der Waals surface area contributed by atoms with Gasteiger partial charge in [-0.05, 0) is 43.0 Å². The summed E-state index contributed by atoms with van der Waals surface area (Å²) in [6.45, 7) is 5.54. The van der Waals surface area contributed by atoms with E-state index in [-0.39, 0.29) is 6.03 Å². The normalized spacial score (nSPS) is 17.6. The molecule has 0 radical (unpaired) electrons. The fraction of sp³-hybridized carbons (Fsp3) is 0.562. The zero-order chi connectivity index (χ0) is 15.1. The second-order valence-corrected chi connectivity index (χ2v) is 5.44. The number of hydrogen-bond acceptors (Lipinski definition) is 3. The van der Waals surface area contributed by atoms with Crippen molar-refractivity contribution in [2.75, 3.05) is 38.2 Å². The highest BCUT2D eigenvalue weighted by molar-refractivity contribution is 5.73. The summed E-state index contributed by atoms with van der Waals surface area (Å²) in [5.74, 6) is 1.39. The van der Waals surface area contributed by atoms with E-state index in [0.29, 0.717) is 5.92 Å². The molecule has 0 aromatic heterocycles. The van der Waals surface area contributed by atoms with Crippen LogP contribution < -0.4 is 20.3 Å². The smallest absolute Gasteiger partial charge is 0.314 e. The third kappa shape index (κ3) is 4.55. The van der Waals surface area contributed by atoms with E-state index in [9.17, 15) is 4.79 Å². The largest absolute Gasteiger partial charge is 0.497 e. The fourth-order valence-electron chi connectivity index (χ4n) is 2.56. The van der Waals surface area contributed by atoms with Gasteiger partial charge < -0.3 is 20.3 Å². The van der Waals surface area contributed by atoms with Crippen LogP contribution in [0.3, 0.4) is 0 Å². The summed E-state index contributed by atoms with van der Waals surface area (Å²) in [5.41, 5.74) is 1.22.